The van der Waals surface area contributed by atoms with Crippen LogP contribution in [-0.4, -0.2) is 41.4 Å². The third-order valence-corrected chi connectivity index (χ3v) is 8.34. The molecule has 2 unspecified atom stereocenters. The maximum Gasteiger partial charge on any atom is 0.287 e. The zero-order valence-corrected chi connectivity index (χ0v) is 24.7. The molecule has 2 heterocycles. The fourth-order valence-corrected chi connectivity index (χ4v) is 5.80. The smallest absolute Gasteiger partial charge is 0.287 e. The third-order valence-electron chi connectivity index (χ3n) is 8.34. The average molecular weight is 578 g/mol. The highest BCUT2D eigenvalue weighted by molar-refractivity contribution is 5.38. The van der Waals surface area contributed by atoms with Crippen LogP contribution in [0.15, 0.2) is 18.5 Å². The number of hydrogen-bond donors (Lipinski definition) is 0. The summed E-state index contributed by atoms with van der Waals surface area (Å²) in [4.78, 5) is 12.0. The molecule has 6 nitrogen and oxygen atoms in total. The largest absolute Gasteiger partial charge is 0.490 e. The van der Waals surface area contributed by atoms with E-state index in [1.54, 1.807) is 0 Å². The zero-order valence-electron chi connectivity index (χ0n) is 24.7. The minimum absolute atomic E-state index is 0.0287. The Morgan fingerprint density at radius 3 is 2.37 bits per heavy atom. The number of halogens is 3. The van der Waals surface area contributed by atoms with E-state index in [1.807, 2.05) is 0 Å². The van der Waals surface area contributed by atoms with E-state index in [0.29, 0.717) is 32.0 Å². The van der Waals surface area contributed by atoms with Gasteiger partial charge in [-0.05, 0) is 55.9 Å². The Morgan fingerprint density at radius 2 is 1.63 bits per heavy atom. The van der Waals surface area contributed by atoms with Crippen LogP contribution in [0.4, 0.5) is 13.2 Å². The van der Waals surface area contributed by atoms with Crippen LogP contribution in [0.3, 0.4) is 0 Å². The summed E-state index contributed by atoms with van der Waals surface area (Å²) in [5.74, 6) is -3.80. The maximum atomic E-state index is 15.5. The van der Waals surface area contributed by atoms with Crippen LogP contribution >= 0.6 is 0 Å². The maximum absolute atomic E-state index is 15.5. The molecule has 2 aromatic rings. The summed E-state index contributed by atoms with van der Waals surface area (Å²) in [7, 11) is 0. The Morgan fingerprint density at radius 1 is 0.902 bits per heavy atom. The van der Waals surface area contributed by atoms with E-state index in [1.165, 1.54) is 44.1 Å². The van der Waals surface area contributed by atoms with E-state index in [9.17, 15) is 4.39 Å². The van der Waals surface area contributed by atoms with Gasteiger partial charge in [0.15, 0.2) is 5.75 Å². The van der Waals surface area contributed by atoms with Gasteiger partial charge in [-0.1, -0.05) is 52.4 Å². The molecule has 0 aromatic carbocycles. The number of nitrogens with zero attached hydrogens (tertiary/aromatic N) is 3. The Balaban J connectivity index is 1.24. The Hall–Kier alpha value is -2.42. The SMILES string of the molecule is CCCCCOCCCOc1cnc(C2CCc3cc(OCCCCCC(CC)C4CC4)nc(F)c3C2(F)F)nc1. The number of fused-ring (bicyclic) bond motifs is 1. The van der Waals surface area contributed by atoms with Gasteiger partial charge < -0.3 is 14.2 Å². The van der Waals surface area contributed by atoms with E-state index in [2.05, 4.69) is 28.8 Å². The average Bonchev–Trinajstić information content (AvgIpc) is 3.80. The van der Waals surface area contributed by atoms with Crippen molar-refractivity contribution in [3.63, 3.8) is 0 Å². The predicted molar refractivity (Wildman–Crippen MR) is 152 cm³/mol. The number of rotatable bonds is 19. The van der Waals surface area contributed by atoms with Crippen molar-refractivity contribution < 1.29 is 27.4 Å². The predicted octanol–water partition coefficient (Wildman–Crippen LogP) is 8.18. The number of aromatic nitrogens is 3. The summed E-state index contributed by atoms with van der Waals surface area (Å²) in [6.07, 6.45) is 15.5. The molecule has 41 heavy (non-hydrogen) atoms. The molecule has 0 N–H and O–H groups in total. The van der Waals surface area contributed by atoms with E-state index in [-0.39, 0.29) is 30.1 Å². The van der Waals surface area contributed by atoms with Crippen LogP contribution in [0.25, 0.3) is 0 Å². The molecule has 0 aliphatic heterocycles. The second-order valence-corrected chi connectivity index (χ2v) is 11.5. The molecule has 1 saturated carbocycles. The highest BCUT2D eigenvalue weighted by Gasteiger charge is 2.50. The summed E-state index contributed by atoms with van der Waals surface area (Å²) in [6, 6.07) is 1.47. The van der Waals surface area contributed by atoms with E-state index in [4.69, 9.17) is 14.2 Å². The van der Waals surface area contributed by atoms with Gasteiger partial charge in [0.05, 0.1) is 37.1 Å². The fourth-order valence-electron chi connectivity index (χ4n) is 5.80. The lowest BCUT2D eigenvalue weighted by molar-refractivity contribution is -0.0501. The summed E-state index contributed by atoms with van der Waals surface area (Å²) in [5, 5.41) is 0. The molecule has 0 amide bonds. The van der Waals surface area contributed by atoms with Crippen molar-refractivity contribution in [3.05, 3.63) is 41.4 Å². The lowest BCUT2D eigenvalue weighted by Crippen LogP contribution is -2.33. The molecule has 2 aliphatic carbocycles. The third kappa shape index (κ3) is 9.03. The molecule has 4 rings (SSSR count). The number of alkyl halides is 2. The van der Waals surface area contributed by atoms with Gasteiger partial charge in [0, 0.05) is 25.7 Å². The first-order valence-corrected chi connectivity index (χ1v) is 15.7. The van der Waals surface area contributed by atoms with E-state index < -0.39 is 23.4 Å². The van der Waals surface area contributed by atoms with Crippen molar-refractivity contribution in [2.45, 2.75) is 109 Å². The molecular formula is C32H46F3N3O3. The van der Waals surface area contributed by atoms with Crippen LogP contribution in [0.2, 0.25) is 0 Å². The molecule has 2 aliphatic rings. The van der Waals surface area contributed by atoms with Crippen LogP contribution < -0.4 is 9.47 Å². The summed E-state index contributed by atoms with van der Waals surface area (Å²) in [6.45, 7) is 6.58. The highest BCUT2D eigenvalue weighted by Crippen LogP contribution is 2.49. The first-order chi connectivity index (χ1) is 19.9. The van der Waals surface area contributed by atoms with Crippen molar-refractivity contribution in [2.24, 2.45) is 11.8 Å². The first-order valence-electron chi connectivity index (χ1n) is 15.7. The molecule has 1 fully saturated rings. The second-order valence-electron chi connectivity index (χ2n) is 11.5. The van der Waals surface area contributed by atoms with Crippen molar-refractivity contribution in [3.8, 4) is 11.6 Å². The standard InChI is InChI=1S/C32H46F3N3O3/c1-3-5-8-16-39-17-10-19-40-26-21-36-31(37-22-26)27-15-14-25-20-28(38-30(33)29(25)32(27,34)35)41-18-9-6-7-11-23(4-2)24-12-13-24/h20-24,27H,3-19H2,1-2H3. The van der Waals surface area contributed by atoms with Gasteiger partial charge in [0.2, 0.25) is 11.8 Å². The monoisotopic (exact) mass is 577 g/mol. The summed E-state index contributed by atoms with van der Waals surface area (Å²) in [5.41, 5.74) is -0.435. The number of unbranched alkanes of at least 4 members (excludes halogenated alkanes) is 4. The van der Waals surface area contributed by atoms with Crippen LogP contribution in [-0.2, 0) is 17.1 Å². The minimum Gasteiger partial charge on any atom is -0.490 e. The minimum atomic E-state index is -3.49. The number of aryl methyl sites for hydroxylation is 1. The number of hydrogen-bond acceptors (Lipinski definition) is 6. The molecule has 0 spiro atoms. The molecular weight excluding hydrogens is 531 g/mol. The van der Waals surface area contributed by atoms with Crippen molar-refractivity contribution in [1.29, 1.82) is 0 Å². The first kappa shape index (κ1) is 31.5. The Kier molecular flexibility index (Phi) is 12.1. The van der Waals surface area contributed by atoms with Gasteiger partial charge in [-0.2, -0.15) is 9.37 Å². The molecule has 0 radical (unpaired) electrons. The molecule has 2 aromatic heterocycles. The van der Waals surface area contributed by atoms with Crippen LogP contribution in [0.1, 0.15) is 114 Å². The summed E-state index contributed by atoms with van der Waals surface area (Å²) >= 11 is 0. The number of ether oxygens (including phenoxy) is 3. The number of pyridine rings is 1. The zero-order chi connectivity index (χ0) is 29.1. The van der Waals surface area contributed by atoms with Gasteiger partial charge in [0.1, 0.15) is 5.82 Å². The summed E-state index contributed by atoms with van der Waals surface area (Å²) < 4.78 is 62.9. The van der Waals surface area contributed by atoms with Gasteiger partial charge in [-0.3, -0.25) is 0 Å². The topological polar surface area (TPSA) is 66.4 Å². The van der Waals surface area contributed by atoms with E-state index in [0.717, 1.165) is 57.0 Å². The Bertz CT molecular complexity index is 1070. The van der Waals surface area contributed by atoms with Crippen LogP contribution in [0, 0.1) is 17.8 Å². The van der Waals surface area contributed by atoms with Gasteiger partial charge in [0.25, 0.3) is 5.92 Å². The molecule has 0 saturated heterocycles. The van der Waals surface area contributed by atoms with Crippen molar-refractivity contribution in [2.75, 3.05) is 26.4 Å². The highest BCUT2D eigenvalue weighted by atomic mass is 19.3. The quantitative estimate of drug-likeness (QED) is 0.124. The molecule has 2 atom stereocenters. The van der Waals surface area contributed by atoms with E-state index >= 15 is 8.78 Å². The van der Waals surface area contributed by atoms with Crippen molar-refractivity contribution >= 4 is 0 Å². The fraction of sp³-hybridized carbons (Fsp3) is 0.719. The van der Waals surface area contributed by atoms with Crippen LogP contribution in [0.5, 0.6) is 11.6 Å². The van der Waals surface area contributed by atoms with Gasteiger partial charge in [-0.15, -0.1) is 0 Å². The molecule has 9 heteroatoms. The van der Waals surface area contributed by atoms with Crippen molar-refractivity contribution in [1.82, 2.24) is 15.0 Å². The van der Waals surface area contributed by atoms with Gasteiger partial charge >= 0.3 is 0 Å². The lowest BCUT2D eigenvalue weighted by atomic mass is 9.80. The normalized spacial score (nSPS) is 18.6. The second kappa shape index (κ2) is 15.7. The Labute approximate surface area is 242 Å². The molecule has 0 bridgehead atoms. The van der Waals surface area contributed by atoms with Gasteiger partial charge in [-0.25, -0.2) is 18.7 Å². The lowest BCUT2D eigenvalue weighted by Gasteiger charge is -2.32. The molecule has 228 valence electrons.